The fraction of sp³-hybridized carbons (Fsp3) is 0.486. The SMILES string of the molecule is CCOc1cc(C2C3=C(CC(C)(C)CC3=O)N(CCOC)C3=C2C(=O)CC(C)(C)C3)ccc1OCc1cccc(F)c1. The Labute approximate surface area is 248 Å². The number of ketones is 2. The maximum atomic E-state index is 14.0. The summed E-state index contributed by atoms with van der Waals surface area (Å²) in [7, 11) is 1.68. The lowest BCUT2D eigenvalue weighted by molar-refractivity contribution is -0.119. The first-order valence-corrected chi connectivity index (χ1v) is 14.9. The minimum Gasteiger partial charge on any atom is -0.490 e. The monoisotopic (exact) mass is 575 g/mol. The molecule has 2 aromatic rings. The zero-order valence-corrected chi connectivity index (χ0v) is 25.6. The number of benzene rings is 2. The Kier molecular flexibility index (Phi) is 8.35. The van der Waals surface area contributed by atoms with Gasteiger partial charge < -0.3 is 19.1 Å². The van der Waals surface area contributed by atoms with Gasteiger partial charge in [-0.15, -0.1) is 0 Å². The molecule has 0 fully saturated rings. The molecule has 6 nitrogen and oxygen atoms in total. The smallest absolute Gasteiger partial charge is 0.162 e. The van der Waals surface area contributed by atoms with Crippen LogP contribution in [0.3, 0.4) is 0 Å². The molecule has 3 aliphatic rings. The molecule has 7 heteroatoms. The lowest BCUT2D eigenvalue weighted by Gasteiger charge is -2.49. The van der Waals surface area contributed by atoms with E-state index < -0.39 is 5.92 Å². The second-order valence-electron chi connectivity index (χ2n) is 13.2. The van der Waals surface area contributed by atoms with Gasteiger partial charge in [0, 0.05) is 55.0 Å². The number of hydrogen-bond donors (Lipinski definition) is 0. The number of allylic oxidation sites excluding steroid dienone is 4. The van der Waals surface area contributed by atoms with E-state index in [-0.39, 0.29) is 34.8 Å². The molecule has 2 aliphatic carbocycles. The quantitative estimate of drug-likeness (QED) is 0.317. The molecule has 0 atom stereocenters. The molecule has 1 aliphatic heterocycles. The minimum atomic E-state index is -0.475. The van der Waals surface area contributed by atoms with Crippen LogP contribution in [0.4, 0.5) is 4.39 Å². The number of hydrogen-bond acceptors (Lipinski definition) is 6. The molecule has 1 heterocycles. The van der Waals surface area contributed by atoms with Gasteiger partial charge in [0.05, 0.1) is 13.2 Å². The van der Waals surface area contributed by atoms with Crippen LogP contribution < -0.4 is 9.47 Å². The number of ether oxygens (including phenoxy) is 3. The molecule has 0 saturated heterocycles. The number of Topliss-reactive ketones (excluding diaryl/α,β-unsaturated/α-hetero) is 2. The normalized spacial score (nSPS) is 20.0. The topological polar surface area (TPSA) is 65.1 Å². The van der Waals surface area contributed by atoms with Crippen molar-refractivity contribution >= 4 is 11.6 Å². The van der Waals surface area contributed by atoms with E-state index >= 15 is 0 Å². The fourth-order valence-corrected chi connectivity index (χ4v) is 6.71. The second-order valence-corrected chi connectivity index (χ2v) is 13.2. The van der Waals surface area contributed by atoms with Gasteiger partial charge in [0.25, 0.3) is 0 Å². The highest BCUT2D eigenvalue weighted by Crippen LogP contribution is 2.54. The van der Waals surface area contributed by atoms with Crippen molar-refractivity contribution in [1.82, 2.24) is 4.90 Å². The van der Waals surface area contributed by atoms with E-state index in [2.05, 4.69) is 32.6 Å². The molecule has 0 N–H and O–H groups in total. The predicted octanol–water partition coefficient (Wildman–Crippen LogP) is 7.14. The van der Waals surface area contributed by atoms with Gasteiger partial charge in [0.15, 0.2) is 23.1 Å². The van der Waals surface area contributed by atoms with E-state index in [0.717, 1.165) is 29.8 Å². The lowest BCUT2D eigenvalue weighted by Crippen LogP contribution is -2.45. The first-order chi connectivity index (χ1) is 19.9. The molecule has 0 spiro atoms. The van der Waals surface area contributed by atoms with Crippen molar-refractivity contribution < 1.29 is 28.2 Å². The van der Waals surface area contributed by atoms with Crippen LogP contribution in [0.2, 0.25) is 0 Å². The maximum Gasteiger partial charge on any atom is 0.162 e. The van der Waals surface area contributed by atoms with Gasteiger partial charge in [0.2, 0.25) is 0 Å². The number of nitrogens with zero attached hydrogens (tertiary/aromatic N) is 1. The Morgan fingerprint density at radius 1 is 0.857 bits per heavy atom. The summed E-state index contributed by atoms with van der Waals surface area (Å²) in [5.41, 5.74) is 4.61. The van der Waals surface area contributed by atoms with Gasteiger partial charge in [-0.05, 0) is 66.0 Å². The van der Waals surface area contributed by atoms with Crippen LogP contribution in [0.1, 0.15) is 77.3 Å². The van der Waals surface area contributed by atoms with Gasteiger partial charge in [-0.3, -0.25) is 9.59 Å². The second kappa shape index (κ2) is 11.7. The van der Waals surface area contributed by atoms with E-state index in [1.807, 2.05) is 31.2 Å². The number of rotatable bonds is 9. The van der Waals surface area contributed by atoms with Gasteiger partial charge in [-0.1, -0.05) is 45.9 Å². The first kappa shape index (κ1) is 30.0. The molecule has 2 aromatic carbocycles. The van der Waals surface area contributed by atoms with E-state index in [1.165, 1.54) is 12.1 Å². The van der Waals surface area contributed by atoms with E-state index in [0.29, 0.717) is 60.8 Å². The third kappa shape index (κ3) is 6.03. The van der Waals surface area contributed by atoms with Crippen molar-refractivity contribution in [2.45, 2.75) is 72.8 Å². The Morgan fingerprint density at radius 2 is 1.50 bits per heavy atom. The molecule has 0 radical (unpaired) electrons. The fourth-order valence-electron chi connectivity index (χ4n) is 6.71. The van der Waals surface area contributed by atoms with Crippen LogP contribution in [0.5, 0.6) is 11.5 Å². The number of halogens is 1. The average Bonchev–Trinajstić information content (AvgIpc) is 2.90. The first-order valence-electron chi connectivity index (χ1n) is 14.9. The third-order valence-electron chi connectivity index (χ3n) is 8.43. The highest BCUT2D eigenvalue weighted by molar-refractivity contribution is 6.06. The molecule has 5 rings (SSSR count). The van der Waals surface area contributed by atoms with Gasteiger partial charge in [0.1, 0.15) is 12.4 Å². The summed E-state index contributed by atoms with van der Waals surface area (Å²) in [4.78, 5) is 30.2. The Bertz CT molecular complexity index is 1400. The Morgan fingerprint density at radius 3 is 2.07 bits per heavy atom. The van der Waals surface area contributed by atoms with Crippen molar-refractivity contribution in [2.24, 2.45) is 10.8 Å². The molecule has 0 unspecified atom stereocenters. The summed E-state index contributed by atoms with van der Waals surface area (Å²) in [6.45, 7) is 12.1. The summed E-state index contributed by atoms with van der Waals surface area (Å²) in [5.74, 6) is 0.437. The van der Waals surface area contributed by atoms with Crippen molar-refractivity contribution in [3.63, 3.8) is 0 Å². The third-order valence-corrected chi connectivity index (χ3v) is 8.43. The highest BCUT2D eigenvalue weighted by atomic mass is 19.1. The van der Waals surface area contributed by atoms with Crippen molar-refractivity contribution in [3.8, 4) is 11.5 Å². The van der Waals surface area contributed by atoms with Crippen LogP contribution >= 0.6 is 0 Å². The van der Waals surface area contributed by atoms with Crippen LogP contribution in [0.25, 0.3) is 0 Å². The zero-order chi connectivity index (χ0) is 30.2. The maximum absolute atomic E-state index is 14.0. The largest absolute Gasteiger partial charge is 0.490 e. The Balaban J connectivity index is 1.63. The lowest BCUT2D eigenvalue weighted by atomic mass is 9.63. The van der Waals surface area contributed by atoms with Crippen molar-refractivity contribution in [3.05, 3.63) is 81.9 Å². The van der Waals surface area contributed by atoms with Crippen LogP contribution in [-0.2, 0) is 20.9 Å². The van der Waals surface area contributed by atoms with Gasteiger partial charge in [-0.25, -0.2) is 4.39 Å². The van der Waals surface area contributed by atoms with Gasteiger partial charge >= 0.3 is 0 Å². The highest BCUT2D eigenvalue weighted by Gasteiger charge is 2.49. The van der Waals surface area contributed by atoms with Crippen LogP contribution in [0, 0.1) is 16.6 Å². The Hall–Kier alpha value is -3.45. The number of methoxy groups -OCH3 is 1. The molecule has 0 bridgehead atoms. The summed E-state index contributed by atoms with van der Waals surface area (Å²) >= 11 is 0. The standard InChI is InChI=1S/C35H42FNO5/c1-7-41-30-16-23(11-12-29(30)42-21-22-9-8-10-24(36)15-22)31-32-25(17-34(2,3)19-27(32)38)37(13-14-40-6)26-18-35(4,5)20-28(39)33(26)31/h8-12,15-16,31H,7,13-14,17-21H2,1-6H3. The average molecular weight is 576 g/mol. The molecule has 0 saturated carbocycles. The zero-order valence-electron chi connectivity index (χ0n) is 25.6. The summed E-state index contributed by atoms with van der Waals surface area (Å²) in [6, 6.07) is 12.0. The number of carbonyl (C=O) groups excluding carboxylic acids is 2. The molecule has 224 valence electrons. The molecular weight excluding hydrogens is 533 g/mol. The predicted molar refractivity (Wildman–Crippen MR) is 160 cm³/mol. The summed E-state index contributed by atoms with van der Waals surface area (Å²) < 4.78 is 31.3. The molecule has 42 heavy (non-hydrogen) atoms. The number of carbonyl (C=O) groups is 2. The summed E-state index contributed by atoms with van der Waals surface area (Å²) in [5, 5.41) is 0. The van der Waals surface area contributed by atoms with Gasteiger partial charge in [-0.2, -0.15) is 0 Å². The van der Waals surface area contributed by atoms with E-state index in [1.54, 1.807) is 13.2 Å². The minimum absolute atomic E-state index is 0.0854. The molecule has 0 amide bonds. The van der Waals surface area contributed by atoms with E-state index in [9.17, 15) is 14.0 Å². The van der Waals surface area contributed by atoms with Crippen LogP contribution in [0.15, 0.2) is 65.0 Å². The molecular formula is C35H42FNO5. The van der Waals surface area contributed by atoms with E-state index in [4.69, 9.17) is 14.2 Å². The molecule has 0 aromatic heterocycles. The van der Waals surface area contributed by atoms with Crippen LogP contribution in [-0.4, -0.2) is 43.3 Å². The van der Waals surface area contributed by atoms with Crippen molar-refractivity contribution in [2.75, 3.05) is 26.9 Å². The van der Waals surface area contributed by atoms with Crippen molar-refractivity contribution in [1.29, 1.82) is 0 Å². The summed E-state index contributed by atoms with van der Waals surface area (Å²) in [6.07, 6.45) is 2.34.